The first kappa shape index (κ1) is 19.7. The third kappa shape index (κ3) is 5.46. The van der Waals surface area contributed by atoms with Crippen LogP contribution in [0.2, 0.25) is 5.02 Å². The quantitative estimate of drug-likeness (QED) is 0.830. The second-order valence-electron chi connectivity index (χ2n) is 6.65. The number of aromatic nitrogens is 1. The van der Waals surface area contributed by atoms with Crippen LogP contribution in [-0.2, 0) is 0 Å². The van der Waals surface area contributed by atoms with E-state index in [0.29, 0.717) is 23.7 Å². The van der Waals surface area contributed by atoms with Crippen molar-refractivity contribution in [3.05, 3.63) is 52.7 Å². The van der Waals surface area contributed by atoms with Gasteiger partial charge in [-0.15, -0.1) is 0 Å². The van der Waals surface area contributed by atoms with Crippen LogP contribution in [0.4, 0.5) is 5.69 Å². The molecule has 0 fully saturated rings. The highest BCUT2D eigenvalue weighted by Gasteiger charge is 2.16. The van der Waals surface area contributed by atoms with Crippen molar-refractivity contribution >= 4 is 29.1 Å². The molecule has 26 heavy (non-hydrogen) atoms. The minimum absolute atomic E-state index is 0.0761. The van der Waals surface area contributed by atoms with E-state index < -0.39 is 5.91 Å². The zero-order valence-electron chi connectivity index (χ0n) is 15.2. The van der Waals surface area contributed by atoms with Crippen molar-refractivity contribution < 1.29 is 14.3 Å². The van der Waals surface area contributed by atoms with Crippen LogP contribution in [0.5, 0.6) is 5.88 Å². The zero-order chi connectivity index (χ0) is 19.3. The molecule has 2 aromatic rings. The van der Waals surface area contributed by atoms with E-state index in [1.807, 2.05) is 27.7 Å². The van der Waals surface area contributed by atoms with Gasteiger partial charge in [0.2, 0.25) is 5.88 Å². The van der Waals surface area contributed by atoms with Crippen molar-refractivity contribution in [1.82, 2.24) is 10.3 Å². The topological polar surface area (TPSA) is 80.3 Å². The zero-order valence-corrected chi connectivity index (χ0v) is 16.0. The minimum Gasteiger partial charge on any atom is -0.478 e. The molecule has 0 atom stereocenters. The van der Waals surface area contributed by atoms with E-state index in [9.17, 15) is 9.59 Å². The molecule has 0 saturated carbocycles. The van der Waals surface area contributed by atoms with E-state index in [1.54, 1.807) is 36.4 Å². The number of benzene rings is 1. The summed E-state index contributed by atoms with van der Waals surface area (Å²) in [7, 11) is 0. The summed E-state index contributed by atoms with van der Waals surface area (Å²) in [6.07, 6.45) is 0. The lowest BCUT2D eigenvalue weighted by atomic mass is 10.1. The summed E-state index contributed by atoms with van der Waals surface area (Å²) in [4.78, 5) is 28.6. The van der Waals surface area contributed by atoms with Crippen LogP contribution in [-0.4, -0.2) is 28.9 Å². The molecule has 0 spiro atoms. The highest BCUT2D eigenvalue weighted by atomic mass is 35.5. The molecule has 2 amide bonds. The normalized spacial score (nSPS) is 11.0. The fraction of sp³-hybridized carbons (Fsp3) is 0.316. The number of hydrogen-bond donors (Lipinski definition) is 2. The third-order valence-electron chi connectivity index (χ3n) is 3.22. The Morgan fingerprint density at radius 2 is 1.73 bits per heavy atom. The third-order valence-corrected chi connectivity index (χ3v) is 3.53. The lowest BCUT2D eigenvalue weighted by molar-refractivity contribution is 0.0919. The van der Waals surface area contributed by atoms with Crippen LogP contribution in [0, 0.1) is 0 Å². The van der Waals surface area contributed by atoms with Gasteiger partial charge in [0.05, 0.1) is 11.6 Å². The Bertz CT molecular complexity index is 799. The standard InChI is InChI=1S/C19H22ClN3O3/c1-5-26-15-11-10-14(20)16(22-15)18(25)21-13-8-6-12(7-9-13)17(24)23-19(2,3)4/h6-11H,5H2,1-4H3,(H,21,25)(H,23,24). The van der Waals surface area contributed by atoms with Gasteiger partial charge in [0.25, 0.3) is 11.8 Å². The van der Waals surface area contributed by atoms with Crippen LogP contribution in [0.3, 0.4) is 0 Å². The first-order valence-corrected chi connectivity index (χ1v) is 8.60. The van der Waals surface area contributed by atoms with Crippen molar-refractivity contribution in [1.29, 1.82) is 0 Å². The molecule has 2 rings (SSSR count). The fourth-order valence-corrected chi connectivity index (χ4v) is 2.31. The van der Waals surface area contributed by atoms with Gasteiger partial charge in [-0.1, -0.05) is 11.6 Å². The first-order valence-electron chi connectivity index (χ1n) is 8.23. The molecule has 0 aliphatic rings. The maximum Gasteiger partial charge on any atom is 0.275 e. The maximum atomic E-state index is 12.4. The number of pyridine rings is 1. The number of nitrogens with zero attached hydrogens (tertiary/aromatic N) is 1. The van der Waals surface area contributed by atoms with Gasteiger partial charge in [0.15, 0.2) is 5.69 Å². The summed E-state index contributed by atoms with van der Waals surface area (Å²) < 4.78 is 5.29. The van der Waals surface area contributed by atoms with Gasteiger partial charge < -0.3 is 15.4 Å². The summed E-state index contributed by atoms with van der Waals surface area (Å²) in [6, 6.07) is 9.75. The number of rotatable bonds is 5. The van der Waals surface area contributed by atoms with E-state index >= 15 is 0 Å². The van der Waals surface area contributed by atoms with Gasteiger partial charge in [0, 0.05) is 22.9 Å². The largest absolute Gasteiger partial charge is 0.478 e. The number of anilines is 1. The highest BCUT2D eigenvalue weighted by Crippen LogP contribution is 2.20. The van der Waals surface area contributed by atoms with Gasteiger partial charge in [-0.25, -0.2) is 4.98 Å². The molecule has 1 heterocycles. The van der Waals surface area contributed by atoms with Crippen molar-refractivity contribution in [2.24, 2.45) is 0 Å². The van der Waals surface area contributed by atoms with Crippen LogP contribution in [0.1, 0.15) is 48.5 Å². The molecule has 7 heteroatoms. The second-order valence-corrected chi connectivity index (χ2v) is 7.06. The van der Waals surface area contributed by atoms with Gasteiger partial charge >= 0.3 is 0 Å². The van der Waals surface area contributed by atoms with Crippen LogP contribution < -0.4 is 15.4 Å². The average Bonchev–Trinajstić information content (AvgIpc) is 2.56. The van der Waals surface area contributed by atoms with Crippen LogP contribution >= 0.6 is 11.6 Å². The Hall–Kier alpha value is -2.60. The summed E-state index contributed by atoms with van der Waals surface area (Å²) in [5.74, 6) is -0.302. The van der Waals surface area contributed by atoms with Gasteiger partial charge in [-0.3, -0.25) is 9.59 Å². The molecule has 0 saturated heterocycles. The lowest BCUT2D eigenvalue weighted by Crippen LogP contribution is -2.40. The number of amides is 2. The number of halogens is 1. The molecule has 0 radical (unpaired) electrons. The molecular formula is C19H22ClN3O3. The predicted molar refractivity (Wildman–Crippen MR) is 102 cm³/mol. The van der Waals surface area contributed by atoms with E-state index in [4.69, 9.17) is 16.3 Å². The van der Waals surface area contributed by atoms with E-state index in [1.165, 1.54) is 0 Å². The summed E-state index contributed by atoms with van der Waals surface area (Å²) in [5.41, 5.74) is 0.791. The monoisotopic (exact) mass is 375 g/mol. The van der Waals surface area contributed by atoms with Crippen molar-refractivity contribution in [2.75, 3.05) is 11.9 Å². The van der Waals surface area contributed by atoms with Crippen molar-refractivity contribution in [3.8, 4) is 5.88 Å². The molecule has 1 aromatic carbocycles. The molecule has 138 valence electrons. The predicted octanol–water partition coefficient (Wildman–Crippen LogP) is 3.91. The Morgan fingerprint density at radius 1 is 1.08 bits per heavy atom. The molecular weight excluding hydrogens is 354 g/mol. The van der Waals surface area contributed by atoms with Crippen LogP contribution in [0.25, 0.3) is 0 Å². The number of carbonyl (C=O) groups is 2. The molecule has 2 N–H and O–H groups in total. The summed E-state index contributed by atoms with van der Waals surface area (Å²) >= 11 is 6.05. The minimum atomic E-state index is -0.455. The number of hydrogen-bond acceptors (Lipinski definition) is 4. The van der Waals surface area contributed by atoms with Crippen molar-refractivity contribution in [3.63, 3.8) is 0 Å². The molecule has 0 unspecified atom stereocenters. The van der Waals surface area contributed by atoms with Crippen molar-refractivity contribution in [2.45, 2.75) is 33.2 Å². The number of ether oxygens (including phenoxy) is 1. The Morgan fingerprint density at radius 3 is 2.31 bits per heavy atom. The molecule has 1 aromatic heterocycles. The Labute approximate surface area is 157 Å². The lowest BCUT2D eigenvalue weighted by Gasteiger charge is -2.20. The first-order chi connectivity index (χ1) is 12.2. The van der Waals surface area contributed by atoms with Gasteiger partial charge in [-0.05, 0) is 58.0 Å². The average molecular weight is 376 g/mol. The fourth-order valence-electron chi connectivity index (χ4n) is 2.12. The molecule has 6 nitrogen and oxygen atoms in total. The van der Waals surface area contributed by atoms with Gasteiger partial charge in [0.1, 0.15) is 0 Å². The number of carbonyl (C=O) groups excluding carboxylic acids is 2. The maximum absolute atomic E-state index is 12.4. The van der Waals surface area contributed by atoms with E-state index in [-0.39, 0.29) is 22.2 Å². The number of nitrogens with one attached hydrogen (secondary N) is 2. The Balaban J connectivity index is 2.10. The SMILES string of the molecule is CCOc1ccc(Cl)c(C(=O)Nc2ccc(C(=O)NC(C)(C)C)cc2)n1. The molecule has 0 aliphatic heterocycles. The van der Waals surface area contributed by atoms with Crippen LogP contribution in [0.15, 0.2) is 36.4 Å². The van der Waals surface area contributed by atoms with Gasteiger partial charge in [-0.2, -0.15) is 0 Å². The van der Waals surface area contributed by atoms with E-state index in [2.05, 4.69) is 15.6 Å². The Kier molecular flexibility index (Phi) is 6.21. The van der Waals surface area contributed by atoms with E-state index in [0.717, 1.165) is 0 Å². The summed E-state index contributed by atoms with van der Waals surface area (Å²) in [5, 5.41) is 5.82. The summed E-state index contributed by atoms with van der Waals surface area (Å²) in [6.45, 7) is 7.99. The molecule has 0 aliphatic carbocycles. The smallest absolute Gasteiger partial charge is 0.275 e. The highest BCUT2D eigenvalue weighted by molar-refractivity contribution is 6.34. The molecule has 0 bridgehead atoms. The second kappa shape index (κ2) is 8.19.